The summed E-state index contributed by atoms with van der Waals surface area (Å²) in [5.41, 5.74) is 7.01. The first-order valence-corrected chi connectivity index (χ1v) is 3.30. The third-order valence-corrected chi connectivity index (χ3v) is 1.37. The summed E-state index contributed by atoms with van der Waals surface area (Å²) in [4.78, 5) is 31.1. The molecular formula is C6H10N2O5. The molecule has 7 nitrogen and oxygen atoms in total. The van der Waals surface area contributed by atoms with Gasteiger partial charge in [0.2, 0.25) is 5.91 Å². The van der Waals surface area contributed by atoms with Gasteiger partial charge >= 0.3 is 5.97 Å². The number of aliphatic hydroxyl groups is 1. The predicted molar refractivity (Wildman–Crippen MR) is 40.2 cm³/mol. The molecule has 2 amide bonds. The highest BCUT2D eigenvalue weighted by Crippen LogP contribution is 2.14. The van der Waals surface area contributed by atoms with Gasteiger partial charge in [0, 0.05) is 0 Å². The van der Waals surface area contributed by atoms with Crippen molar-refractivity contribution in [2.45, 2.75) is 18.4 Å². The van der Waals surface area contributed by atoms with E-state index in [1.807, 2.05) is 0 Å². The van der Waals surface area contributed by atoms with Crippen LogP contribution in [0.5, 0.6) is 0 Å². The summed E-state index contributed by atoms with van der Waals surface area (Å²) >= 11 is 0. The van der Waals surface area contributed by atoms with Crippen molar-refractivity contribution < 1.29 is 24.6 Å². The molecule has 1 atom stereocenters. The van der Waals surface area contributed by atoms with Crippen LogP contribution in [0.25, 0.3) is 0 Å². The van der Waals surface area contributed by atoms with Crippen LogP contribution in [0.15, 0.2) is 0 Å². The Kier molecular flexibility index (Phi) is 3.37. The number of carbonyl (C=O) groups excluding carboxylic acids is 2. The average molecular weight is 190 g/mol. The summed E-state index contributed by atoms with van der Waals surface area (Å²) in [7, 11) is 0. The minimum absolute atomic E-state index is 0.797. The number of hydrogen-bond donors (Lipinski definition) is 4. The van der Waals surface area contributed by atoms with Crippen molar-refractivity contribution in [3.63, 3.8) is 0 Å². The summed E-state index contributed by atoms with van der Waals surface area (Å²) < 4.78 is 0. The SMILES string of the molecule is NC(=O)CC(O)(CC(=O)O)C(N)=O. The molecule has 7 heteroatoms. The molecule has 0 saturated heterocycles. The molecule has 0 aromatic heterocycles. The van der Waals surface area contributed by atoms with Gasteiger partial charge in [0.05, 0.1) is 12.8 Å². The molecule has 0 fully saturated rings. The van der Waals surface area contributed by atoms with Crippen molar-refractivity contribution in [3.8, 4) is 0 Å². The van der Waals surface area contributed by atoms with Crippen LogP contribution in [0.4, 0.5) is 0 Å². The maximum Gasteiger partial charge on any atom is 0.306 e. The molecule has 0 rings (SSSR count). The minimum atomic E-state index is -2.39. The van der Waals surface area contributed by atoms with E-state index in [-0.39, 0.29) is 0 Å². The molecule has 0 aromatic carbocycles. The van der Waals surface area contributed by atoms with Crippen LogP contribution in [-0.2, 0) is 14.4 Å². The summed E-state index contributed by atoms with van der Waals surface area (Å²) in [6.07, 6.45) is -1.74. The molecule has 1 unspecified atom stereocenters. The van der Waals surface area contributed by atoms with E-state index in [0.717, 1.165) is 0 Å². The van der Waals surface area contributed by atoms with E-state index in [1.54, 1.807) is 0 Å². The van der Waals surface area contributed by atoms with Gasteiger partial charge in [-0.3, -0.25) is 14.4 Å². The number of primary amides is 2. The Labute approximate surface area is 73.3 Å². The Hall–Kier alpha value is -1.63. The van der Waals surface area contributed by atoms with E-state index in [0.29, 0.717) is 0 Å². The van der Waals surface area contributed by atoms with E-state index in [9.17, 15) is 19.5 Å². The molecule has 0 saturated carbocycles. The highest BCUT2D eigenvalue weighted by Gasteiger charge is 2.38. The largest absolute Gasteiger partial charge is 0.481 e. The standard InChI is InChI=1S/C6H10N2O5/c7-3(9)1-6(13,5(8)12)2-4(10)11/h13H,1-2H2,(H2,7,9)(H2,8,12)(H,10,11). The van der Waals surface area contributed by atoms with Crippen LogP contribution < -0.4 is 11.5 Å². The number of aliphatic carboxylic acids is 1. The number of carbonyl (C=O) groups is 3. The minimum Gasteiger partial charge on any atom is -0.481 e. The number of hydrogen-bond acceptors (Lipinski definition) is 4. The quantitative estimate of drug-likeness (QED) is 0.380. The molecule has 0 aliphatic heterocycles. The van der Waals surface area contributed by atoms with E-state index in [1.165, 1.54) is 0 Å². The maximum absolute atomic E-state index is 10.6. The summed E-state index contributed by atoms with van der Waals surface area (Å²) in [6, 6.07) is 0. The van der Waals surface area contributed by atoms with Gasteiger partial charge < -0.3 is 21.7 Å². The van der Waals surface area contributed by atoms with Crippen molar-refractivity contribution in [2.24, 2.45) is 11.5 Å². The summed E-state index contributed by atoms with van der Waals surface area (Å²) in [5.74, 6) is -3.72. The lowest BCUT2D eigenvalue weighted by Gasteiger charge is -2.20. The number of rotatable bonds is 5. The molecule has 0 heterocycles. The Morgan fingerprint density at radius 2 is 1.62 bits per heavy atom. The first-order chi connectivity index (χ1) is 5.78. The fourth-order valence-corrected chi connectivity index (χ4v) is 0.775. The van der Waals surface area contributed by atoms with Crippen LogP contribution in [0, 0.1) is 0 Å². The van der Waals surface area contributed by atoms with Crippen molar-refractivity contribution in [3.05, 3.63) is 0 Å². The van der Waals surface area contributed by atoms with E-state index in [4.69, 9.17) is 16.6 Å². The smallest absolute Gasteiger partial charge is 0.306 e. The fourth-order valence-electron chi connectivity index (χ4n) is 0.775. The van der Waals surface area contributed by atoms with Gasteiger partial charge in [-0.25, -0.2) is 0 Å². The molecule has 0 bridgehead atoms. The molecular weight excluding hydrogens is 180 g/mol. The number of carboxylic acids is 1. The molecule has 0 spiro atoms. The van der Waals surface area contributed by atoms with E-state index < -0.39 is 36.2 Å². The number of amides is 2. The maximum atomic E-state index is 10.6. The second-order valence-electron chi connectivity index (χ2n) is 2.61. The second kappa shape index (κ2) is 3.85. The average Bonchev–Trinajstić information content (AvgIpc) is 1.82. The Morgan fingerprint density at radius 3 is 1.85 bits per heavy atom. The zero-order valence-electron chi connectivity index (χ0n) is 6.69. The Balaban J connectivity index is 4.62. The lowest BCUT2D eigenvalue weighted by Crippen LogP contribution is -2.48. The Morgan fingerprint density at radius 1 is 1.15 bits per heavy atom. The van der Waals surface area contributed by atoms with Crippen LogP contribution in [0.3, 0.4) is 0 Å². The van der Waals surface area contributed by atoms with Crippen LogP contribution >= 0.6 is 0 Å². The van der Waals surface area contributed by atoms with Crippen LogP contribution in [0.2, 0.25) is 0 Å². The van der Waals surface area contributed by atoms with Crippen molar-refractivity contribution in [1.82, 2.24) is 0 Å². The Bertz CT molecular complexity index is 233. The molecule has 74 valence electrons. The molecule has 13 heavy (non-hydrogen) atoms. The van der Waals surface area contributed by atoms with Crippen molar-refractivity contribution >= 4 is 17.8 Å². The monoisotopic (exact) mass is 190 g/mol. The summed E-state index contributed by atoms with van der Waals surface area (Å²) in [6.45, 7) is 0. The zero-order chi connectivity index (χ0) is 10.6. The number of nitrogens with two attached hydrogens (primary N) is 2. The number of carboxylic acid groups (broad SMARTS) is 1. The van der Waals surface area contributed by atoms with Crippen LogP contribution in [0.1, 0.15) is 12.8 Å². The molecule has 0 aliphatic carbocycles. The van der Waals surface area contributed by atoms with E-state index in [2.05, 4.69) is 0 Å². The first-order valence-electron chi connectivity index (χ1n) is 3.30. The van der Waals surface area contributed by atoms with Gasteiger partial charge in [-0.15, -0.1) is 0 Å². The fraction of sp³-hybridized carbons (Fsp3) is 0.500. The second-order valence-corrected chi connectivity index (χ2v) is 2.61. The molecule has 0 radical (unpaired) electrons. The zero-order valence-corrected chi connectivity index (χ0v) is 6.69. The summed E-state index contributed by atoms with van der Waals surface area (Å²) in [5, 5.41) is 17.6. The third-order valence-electron chi connectivity index (χ3n) is 1.37. The topological polar surface area (TPSA) is 144 Å². The predicted octanol–water partition coefficient (Wildman–Crippen LogP) is -2.45. The van der Waals surface area contributed by atoms with Crippen molar-refractivity contribution in [2.75, 3.05) is 0 Å². The highest BCUT2D eigenvalue weighted by atomic mass is 16.4. The third kappa shape index (κ3) is 3.52. The lowest BCUT2D eigenvalue weighted by molar-refractivity contribution is -0.153. The van der Waals surface area contributed by atoms with Gasteiger partial charge in [0.15, 0.2) is 5.60 Å². The normalized spacial score (nSPS) is 14.5. The van der Waals surface area contributed by atoms with Gasteiger partial charge in [-0.1, -0.05) is 0 Å². The first kappa shape index (κ1) is 11.4. The van der Waals surface area contributed by atoms with Gasteiger partial charge in [0.1, 0.15) is 0 Å². The lowest BCUT2D eigenvalue weighted by atomic mass is 9.94. The molecule has 6 N–H and O–H groups in total. The highest BCUT2D eigenvalue weighted by molar-refractivity contribution is 5.92. The van der Waals surface area contributed by atoms with E-state index >= 15 is 0 Å². The molecule has 0 aromatic rings. The van der Waals surface area contributed by atoms with Gasteiger partial charge in [-0.2, -0.15) is 0 Å². The molecule has 0 aliphatic rings. The van der Waals surface area contributed by atoms with Gasteiger partial charge in [-0.05, 0) is 0 Å². The van der Waals surface area contributed by atoms with Crippen LogP contribution in [-0.4, -0.2) is 33.6 Å². The van der Waals surface area contributed by atoms with Crippen molar-refractivity contribution in [1.29, 1.82) is 0 Å². The van der Waals surface area contributed by atoms with Gasteiger partial charge in [0.25, 0.3) is 5.91 Å².